The van der Waals surface area contributed by atoms with Gasteiger partial charge in [-0.25, -0.2) is 9.59 Å². The van der Waals surface area contributed by atoms with Crippen LogP contribution in [0.2, 0.25) is 0 Å². The van der Waals surface area contributed by atoms with Crippen LogP contribution in [0.3, 0.4) is 0 Å². The normalized spacial score (nSPS) is 20.8. The summed E-state index contributed by atoms with van der Waals surface area (Å²) >= 11 is 3.06. The second-order valence-corrected chi connectivity index (χ2v) is 7.02. The van der Waals surface area contributed by atoms with Crippen LogP contribution >= 0.6 is 23.5 Å². The third-order valence-electron chi connectivity index (χ3n) is 3.39. The zero-order chi connectivity index (χ0) is 15.7. The Labute approximate surface area is 134 Å². The van der Waals surface area contributed by atoms with Gasteiger partial charge in [0.2, 0.25) is 0 Å². The Morgan fingerprint density at radius 3 is 2.82 bits per heavy atom. The van der Waals surface area contributed by atoms with E-state index in [-0.39, 0.29) is 22.3 Å². The third-order valence-corrected chi connectivity index (χ3v) is 5.58. The number of carboxylic acid groups (broad SMARTS) is 2. The van der Waals surface area contributed by atoms with E-state index in [9.17, 15) is 14.7 Å². The van der Waals surface area contributed by atoms with Crippen LogP contribution in [-0.2, 0) is 27.6 Å². The Bertz CT molecular complexity index is 674. The van der Waals surface area contributed by atoms with Crippen LogP contribution in [0.15, 0.2) is 22.8 Å². The van der Waals surface area contributed by atoms with Crippen molar-refractivity contribution < 1.29 is 19.8 Å². The number of rotatable bonds is 4. The molecule has 0 saturated heterocycles. The second kappa shape index (κ2) is 6.17. The lowest BCUT2D eigenvalue weighted by Gasteiger charge is -2.13. The molecule has 2 aliphatic rings. The molecule has 3 rings (SSSR count). The number of nitrogens with zero attached hydrogens (tertiary/aromatic N) is 3. The van der Waals surface area contributed by atoms with E-state index in [4.69, 9.17) is 5.11 Å². The van der Waals surface area contributed by atoms with Crippen molar-refractivity contribution in [2.45, 2.75) is 23.3 Å². The van der Waals surface area contributed by atoms with E-state index >= 15 is 0 Å². The summed E-state index contributed by atoms with van der Waals surface area (Å²) in [6.07, 6.45) is 1.62. The van der Waals surface area contributed by atoms with Crippen molar-refractivity contribution in [1.82, 2.24) is 9.78 Å². The topological polar surface area (TPSA) is 105 Å². The summed E-state index contributed by atoms with van der Waals surface area (Å²) < 4.78 is 1.92. The first-order valence-corrected chi connectivity index (χ1v) is 8.73. The van der Waals surface area contributed by atoms with Crippen molar-refractivity contribution in [3.8, 4) is 0 Å². The molecule has 0 saturated carbocycles. The van der Waals surface area contributed by atoms with Gasteiger partial charge in [0.05, 0.1) is 17.1 Å². The van der Waals surface area contributed by atoms with Gasteiger partial charge in [0.1, 0.15) is 5.71 Å². The highest BCUT2D eigenvalue weighted by atomic mass is 32.2. The Kier molecular flexibility index (Phi) is 4.25. The first-order valence-electron chi connectivity index (χ1n) is 6.53. The number of carboxylic acids is 2. The molecule has 7 nitrogen and oxygen atoms in total. The van der Waals surface area contributed by atoms with Gasteiger partial charge in [0.25, 0.3) is 0 Å². The maximum atomic E-state index is 11.4. The summed E-state index contributed by atoms with van der Waals surface area (Å²) in [6.45, 7) is 0. The molecule has 0 spiro atoms. The third kappa shape index (κ3) is 3.05. The van der Waals surface area contributed by atoms with Gasteiger partial charge in [0.15, 0.2) is 0 Å². The van der Waals surface area contributed by atoms with Crippen molar-refractivity contribution in [1.29, 1.82) is 0 Å². The highest BCUT2D eigenvalue weighted by molar-refractivity contribution is 8.00. The Balaban J connectivity index is 1.80. The molecule has 0 amide bonds. The van der Waals surface area contributed by atoms with Crippen LogP contribution < -0.4 is 0 Å². The molecule has 9 heteroatoms. The van der Waals surface area contributed by atoms with E-state index in [0.717, 1.165) is 29.2 Å². The van der Waals surface area contributed by atoms with Crippen LogP contribution in [0.25, 0.3) is 0 Å². The van der Waals surface area contributed by atoms with Crippen LogP contribution in [-0.4, -0.2) is 48.6 Å². The number of thioether (sulfide) groups is 2. The molecule has 2 aliphatic heterocycles. The first-order chi connectivity index (χ1) is 10.5. The summed E-state index contributed by atoms with van der Waals surface area (Å²) in [5.41, 5.74) is 2.06. The van der Waals surface area contributed by atoms with E-state index in [1.807, 2.05) is 10.7 Å². The lowest BCUT2D eigenvalue weighted by atomic mass is 10.1. The largest absolute Gasteiger partial charge is 0.478 e. The number of carbonyl (C=O) groups is 2. The predicted octanol–water partition coefficient (Wildman–Crippen LogP) is 1.24. The van der Waals surface area contributed by atoms with Crippen LogP contribution in [0.1, 0.15) is 11.4 Å². The average Bonchev–Trinajstić information content (AvgIpc) is 2.94. The van der Waals surface area contributed by atoms with Crippen LogP contribution in [0, 0.1) is 0 Å². The van der Waals surface area contributed by atoms with Gasteiger partial charge in [-0.3, -0.25) is 9.67 Å². The molecule has 1 unspecified atom stereocenters. The molecule has 0 fully saturated rings. The van der Waals surface area contributed by atoms with Crippen molar-refractivity contribution in [2.75, 3.05) is 5.75 Å². The zero-order valence-electron chi connectivity index (χ0n) is 11.4. The molecular formula is C13H13N3O4S2. The second-order valence-electron chi connectivity index (χ2n) is 4.88. The molecule has 1 aromatic heterocycles. The lowest BCUT2D eigenvalue weighted by Crippen LogP contribution is -2.20. The standard InChI is InChI=1S/C13H13N3O4S2/c17-12(18)9-3-14-10(13(19)20)5-22-11(9)2-7-1-8-4-21-6-16(8)15-7/h1,3,11H,2,4-6H2,(H,17,18)(H,19,20). The molecule has 2 N–H and O–H groups in total. The minimum atomic E-state index is -1.12. The molecule has 0 aliphatic carbocycles. The summed E-state index contributed by atoms with van der Waals surface area (Å²) in [4.78, 5) is 26.2. The summed E-state index contributed by atoms with van der Waals surface area (Å²) in [5.74, 6) is -0.279. The summed E-state index contributed by atoms with van der Waals surface area (Å²) in [5, 5.41) is 22.4. The maximum Gasteiger partial charge on any atom is 0.351 e. The van der Waals surface area contributed by atoms with Gasteiger partial charge in [0, 0.05) is 35.1 Å². The molecule has 22 heavy (non-hydrogen) atoms. The SMILES string of the molecule is O=C(O)C1=CN=C(C(=O)O)CSC1Cc1cc2n(n1)CSC2. The molecular weight excluding hydrogens is 326 g/mol. The maximum absolute atomic E-state index is 11.4. The molecule has 116 valence electrons. The van der Waals surface area contributed by atoms with Gasteiger partial charge in [-0.05, 0) is 6.07 Å². The highest BCUT2D eigenvalue weighted by Gasteiger charge is 2.27. The number of aliphatic carboxylic acids is 2. The monoisotopic (exact) mass is 339 g/mol. The van der Waals surface area contributed by atoms with Crippen molar-refractivity contribution in [3.05, 3.63) is 29.2 Å². The minimum absolute atomic E-state index is 0.0324. The summed E-state index contributed by atoms with van der Waals surface area (Å²) in [7, 11) is 0. The lowest BCUT2D eigenvalue weighted by molar-refractivity contribution is -0.133. The van der Waals surface area contributed by atoms with E-state index in [2.05, 4.69) is 10.1 Å². The smallest absolute Gasteiger partial charge is 0.351 e. The fraction of sp³-hybridized carbons (Fsp3) is 0.385. The van der Waals surface area contributed by atoms with Gasteiger partial charge >= 0.3 is 11.9 Å². The van der Waals surface area contributed by atoms with Gasteiger partial charge in [-0.1, -0.05) is 0 Å². The minimum Gasteiger partial charge on any atom is -0.478 e. The Morgan fingerprint density at radius 2 is 2.14 bits per heavy atom. The van der Waals surface area contributed by atoms with Gasteiger partial charge in [-0.15, -0.1) is 23.5 Å². The van der Waals surface area contributed by atoms with E-state index in [0.29, 0.717) is 6.42 Å². The van der Waals surface area contributed by atoms with Gasteiger partial charge in [-0.2, -0.15) is 5.10 Å². The van der Waals surface area contributed by atoms with E-state index < -0.39 is 11.9 Å². The first kappa shape index (κ1) is 15.2. The number of aromatic nitrogens is 2. The van der Waals surface area contributed by atoms with Crippen molar-refractivity contribution in [2.24, 2.45) is 4.99 Å². The Hall–Kier alpha value is -1.74. The molecule has 0 aromatic carbocycles. The predicted molar refractivity (Wildman–Crippen MR) is 84.3 cm³/mol. The van der Waals surface area contributed by atoms with E-state index in [1.165, 1.54) is 11.8 Å². The number of hydrogen-bond donors (Lipinski definition) is 2. The Morgan fingerprint density at radius 1 is 1.32 bits per heavy atom. The van der Waals surface area contributed by atoms with Crippen LogP contribution in [0.4, 0.5) is 0 Å². The van der Waals surface area contributed by atoms with Crippen molar-refractivity contribution in [3.63, 3.8) is 0 Å². The van der Waals surface area contributed by atoms with Crippen molar-refractivity contribution >= 4 is 41.2 Å². The molecule has 1 atom stereocenters. The number of hydrogen-bond acceptors (Lipinski definition) is 6. The average molecular weight is 339 g/mol. The fourth-order valence-electron chi connectivity index (χ4n) is 2.29. The number of aliphatic imine (C=N–C) groups is 1. The quantitative estimate of drug-likeness (QED) is 0.850. The molecule has 1 aromatic rings. The fourth-order valence-corrected chi connectivity index (χ4v) is 4.40. The molecule has 3 heterocycles. The molecule has 0 radical (unpaired) electrons. The molecule has 0 bridgehead atoms. The van der Waals surface area contributed by atoms with E-state index in [1.54, 1.807) is 11.8 Å². The highest BCUT2D eigenvalue weighted by Crippen LogP contribution is 2.29. The number of fused-ring (bicyclic) bond motifs is 1. The summed E-state index contributed by atoms with van der Waals surface area (Å²) in [6, 6.07) is 1.99. The van der Waals surface area contributed by atoms with Gasteiger partial charge < -0.3 is 10.2 Å². The zero-order valence-corrected chi connectivity index (χ0v) is 13.1. The van der Waals surface area contributed by atoms with Crippen LogP contribution in [0.5, 0.6) is 0 Å².